The number of carbonyl (C=O) groups is 1. The molecule has 8 heteroatoms. The molecule has 150 valence electrons. The van der Waals surface area contributed by atoms with Gasteiger partial charge in [-0.2, -0.15) is 0 Å². The molecular weight excluding hydrogens is 397 g/mol. The van der Waals surface area contributed by atoms with Crippen LogP contribution in [0.1, 0.15) is 12.6 Å². The summed E-state index contributed by atoms with van der Waals surface area (Å²) >= 11 is 6.07. The van der Waals surface area contributed by atoms with Crippen molar-refractivity contribution in [3.05, 3.63) is 75.4 Å². The lowest BCUT2D eigenvalue weighted by atomic mass is 10.2. The van der Waals surface area contributed by atoms with Gasteiger partial charge in [0.05, 0.1) is 12.1 Å². The molecule has 0 saturated heterocycles. The van der Waals surface area contributed by atoms with E-state index < -0.39 is 11.7 Å². The molecule has 0 saturated carbocycles. The Bertz CT molecular complexity index is 1110. The fraction of sp³-hybridized carbons (Fsp3) is 0.190. The van der Waals surface area contributed by atoms with Gasteiger partial charge < -0.3 is 10.1 Å². The Balaban J connectivity index is 1.93. The number of rotatable bonds is 6. The van der Waals surface area contributed by atoms with E-state index >= 15 is 0 Å². The first-order valence-electron chi connectivity index (χ1n) is 8.91. The van der Waals surface area contributed by atoms with Crippen molar-refractivity contribution in [3.8, 4) is 17.1 Å². The molecule has 0 atom stereocenters. The van der Waals surface area contributed by atoms with E-state index in [9.17, 15) is 14.0 Å². The van der Waals surface area contributed by atoms with Gasteiger partial charge in [0.1, 0.15) is 23.9 Å². The number of carbonyl (C=O) groups excluding carboxylic acids is 1. The van der Waals surface area contributed by atoms with Crippen molar-refractivity contribution in [1.82, 2.24) is 9.55 Å². The lowest BCUT2D eigenvalue weighted by Crippen LogP contribution is -2.30. The van der Waals surface area contributed by atoms with Crippen molar-refractivity contribution in [1.29, 1.82) is 0 Å². The van der Waals surface area contributed by atoms with Crippen LogP contribution in [0.25, 0.3) is 11.4 Å². The summed E-state index contributed by atoms with van der Waals surface area (Å²) in [6.07, 6.45) is 0.537. The smallest absolute Gasteiger partial charge is 0.254 e. The number of hydrogen-bond acceptors (Lipinski definition) is 4. The first-order chi connectivity index (χ1) is 13.9. The highest BCUT2D eigenvalue weighted by Gasteiger charge is 2.15. The van der Waals surface area contributed by atoms with Crippen molar-refractivity contribution >= 4 is 23.2 Å². The van der Waals surface area contributed by atoms with E-state index in [1.54, 1.807) is 24.3 Å². The van der Waals surface area contributed by atoms with Gasteiger partial charge in [-0.25, -0.2) is 9.37 Å². The number of nitrogens with one attached hydrogen (secondary N) is 1. The van der Waals surface area contributed by atoms with Gasteiger partial charge in [0.25, 0.3) is 5.56 Å². The Kier molecular flexibility index (Phi) is 6.29. The minimum Gasteiger partial charge on any atom is -0.495 e. The Morgan fingerprint density at radius 3 is 2.69 bits per heavy atom. The van der Waals surface area contributed by atoms with Gasteiger partial charge in [0, 0.05) is 23.0 Å². The molecule has 0 spiro atoms. The number of aromatic nitrogens is 2. The summed E-state index contributed by atoms with van der Waals surface area (Å²) in [4.78, 5) is 29.6. The Labute approximate surface area is 171 Å². The average molecular weight is 416 g/mol. The second kappa shape index (κ2) is 8.87. The standard InChI is InChI=1S/C21H19ClFN3O3/c1-3-15-11-20(28)26(21(25-15)13-5-4-6-14(23)9-13)12-19(27)24-16-7-8-18(29-2)17(22)10-16/h4-11H,3,12H2,1-2H3,(H,24,27). The van der Waals surface area contributed by atoms with E-state index in [2.05, 4.69) is 10.3 Å². The molecule has 1 heterocycles. The van der Waals surface area contributed by atoms with Crippen LogP contribution >= 0.6 is 11.6 Å². The molecule has 0 unspecified atom stereocenters. The van der Waals surface area contributed by atoms with Crippen LogP contribution in [0.4, 0.5) is 10.1 Å². The summed E-state index contributed by atoms with van der Waals surface area (Å²) in [5.74, 6) is -0.190. The van der Waals surface area contributed by atoms with E-state index in [0.29, 0.717) is 34.1 Å². The van der Waals surface area contributed by atoms with Crippen molar-refractivity contribution < 1.29 is 13.9 Å². The number of methoxy groups -OCH3 is 1. The van der Waals surface area contributed by atoms with Crippen molar-refractivity contribution in [2.24, 2.45) is 0 Å². The van der Waals surface area contributed by atoms with E-state index in [0.717, 1.165) is 0 Å². The Hall–Kier alpha value is -3.19. The van der Waals surface area contributed by atoms with Crippen LogP contribution in [0.3, 0.4) is 0 Å². The Morgan fingerprint density at radius 2 is 2.03 bits per heavy atom. The van der Waals surface area contributed by atoms with E-state index in [1.165, 1.54) is 35.9 Å². The summed E-state index contributed by atoms with van der Waals surface area (Å²) in [5.41, 5.74) is 1.05. The number of anilines is 1. The largest absolute Gasteiger partial charge is 0.495 e. The quantitative estimate of drug-likeness (QED) is 0.662. The predicted molar refractivity (Wildman–Crippen MR) is 110 cm³/mol. The van der Waals surface area contributed by atoms with E-state index in [4.69, 9.17) is 16.3 Å². The van der Waals surface area contributed by atoms with E-state index in [-0.39, 0.29) is 17.9 Å². The number of ether oxygens (including phenoxy) is 1. The fourth-order valence-electron chi connectivity index (χ4n) is 2.82. The van der Waals surface area contributed by atoms with Crippen LogP contribution < -0.4 is 15.6 Å². The first-order valence-corrected chi connectivity index (χ1v) is 9.29. The maximum Gasteiger partial charge on any atom is 0.254 e. The van der Waals surface area contributed by atoms with Gasteiger partial charge >= 0.3 is 0 Å². The van der Waals surface area contributed by atoms with E-state index in [1.807, 2.05) is 6.92 Å². The third kappa shape index (κ3) is 4.81. The molecule has 0 bridgehead atoms. The van der Waals surface area contributed by atoms with Crippen LogP contribution in [0, 0.1) is 5.82 Å². The van der Waals surface area contributed by atoms with Crippen LogP contribution in [0.2, 0.25) is 5.02 Å². The molecule has 1 aromatic heterocycles. The minimum absolute atomic E-state index is 0.233. The highest BCUT2D eigenvalue weighted by molar-refractivity contribution is 6.32. The highest BCUT2D eigenvalue weighted by Crippen LogP contribution is 2.27. The lowest BCUT2D eigenvalue weighted by Gasteiger charge is -2.14. The minimum atomic E-state index is -0.456. The molecule has 0 aliphatic heterocycles. The number of hydrogen-bond donors (Lipinski definition) is 1. The van der Waals surface area contributed by atoms with Gasteiger partial charge in [-0.15, -0.1) is 0 Å². The van der Waals surface area contributed by atoms with Crippen LogP contribution in [0.15, 0.2) is 53.3 Å². The molecular formula is C21H19ClFN3O3. The molecule has 6 nitrogen and oxygen atoms in total. The normalized spacial score (nSPS) is 10.6. The van der Waals surface area contributed by atoms with Gasteiger partial charge in [-0.3, -0.25) is 14.2 Å². The molecule has 0 fully saturated rings. The van der Waals surface area contributed by atoms with Crippen molar-refractivity contribution in [3.63, 3.8) is 0 Å². The lowest BCUT2D eigenvalue weighted by molar-refractivity contribution is -0.116. The summed E-state index contributed by atoms with van der Waals surface area (Å²) < 4.78 is 20.0. The molecule has 1 amide bonds. The SMILES string of the molecule is CCc1cc(=O)n(CC(=O)Nc2ccc(OC)c(Cl)c2)c(-c2cccc(F)c2)n1. The number of benzene rings is 2. The van der Waals surface area contributed by atoms with Crippen LogP contribution in [-0.2, 0) is 17.8 Å². The number of amides is 1. The molecule has 1 N–H and O–H groups in total. The summed E-state index contributed by atoms with van der Waals surface area (Å²) in [6, 6.07) is 11.9. The molecule has 0 aliphatic carbocycles. The van der Waals surface area contributed by atoms with Gasteiger partial charge in [0.15, 0.2) is 0 Å². The van der Waals surface area contributed by atoms with Gasteiger partial charge in [0.2, 0.25) is 5.91 Å². The highest BCUT2D eigenvalue weighted by atomic mass is 35.5. The average Bonchev–Trinajstić information content (AvgIpc) is 2.69. The molecule has 29 heavy (non-hydrogen) atoms. The molecule has 2 aromatic carbocycles. The first kappa shape index (κ1) is 20.5. The number of aryl methyl sites for hydroxylation is 1. The molecule has 0 aliphatic rings. The second-order valence-corrected chi connectivity index (χ2v) is 6.66. The third-order valence-corrected chi connectivity index (χ3v) is 4.54. The van der Waals surface area contributed by atoms with Gasteiger partial charge in [-0.05, 0) is 36.8 Å². The summed E-state index contributed by atoms with van der Waals surface area (Å²) in [5, 5.41) is 3.03. The topological polar surface area (TPSA) is 73.2 Å². The predicted octanol–water partition coefficient (Wildman–Crippen LogP) is 3.91. The summed E-state index contributed by atoms with van der Waals surface area (Å²) in [7, 11) is 1.49. The van der Waals surface area contributed by atoms with Crippen LogP contribution in [0.5, 0.6) is 5.75 Å². The van der Waals surface area contributed by atoms with Gasteiger partial charge in [-0.1, -0.05) is 30.7 Å². The zero-order valence-electron chi connectivity index (χ0n) is 15.9. The second-order valence-electron chi connectivity index (χ2n) is 6.26. The maximum atomic E-state index is 13.7. The number of halogens is 2. The summed E-state index contributed by atoms with van der Waals surface area (Å²) in [6.45, 7) is 1.58. The van der Waals surface area contributed by atoms with Crippen molar-refractivity contribution in [2.75, 3.05) is 12.4 Å². The molecule has 0 radical (unpaired) electrons. The number of nitrogens with zero attached hydrogens (tertiary/aromatic N) is 2. The zero-order valence-corrected chi connectivity index (χ0v) is 16.7. The maximum absolute atomic E-state index is 13.7. The molecule has 3 aromatic rings. The Morgan fingerprint density at radius 1 is 1.24 bits per heavy atom. The van der Waals surface area contributed by atoms with Crippen LogP contribution in [-0.4, -0.2) is 22.6 Å². The fourth-order valence-corrected chi connectivity index (χ4v) is 3.08. The van der Waals surface area contributed by atoms with Crippen molar-refractivity contribution in [2.45, 2.75) is 19.9 Å². The third-order valence-electron chi connectivity index (χ3n) is 4.24. The zero-order chi connectivity index (χ0) is 21.0. The monoisotopic (exact) mass is 415 g/mol. The molecule has 3 rings (SSSR count).